The number of hydrogen-bond acceptors (Lipinski definition) is 0. The first-order valence-corrected chi connectivity index (χ1v) is 0. The van der Waals surface area contributed by atoms with Crippen LogP contribution in [-0.2, 0) is 19.5 Å². The molecule has 0 radical (unpaired) electrons. The molecule has 0 atom stereocenters. The molecule has 0 aromatic rings. The molecule has 0 spiro atoms. The van der Waals surface area contributed by atoms with Gasteiger partial charge in [0.25, 0.3) is 0 Å². The van der Waals surface area contributed by atoms with Crippen molar-refractivity contribution >= 4 is 71.7 Å². The van der Waals surface area contributed by atoms with Crippen LogP contribution in [0.5, 0.6) is 0 Å². The van der Waals surface area contributed by atoms with Crippen LogP contribution in [0.15, 0.2) is 0 Å². The molecule has 0 aliphatic rings. The molecule has 0 fully saturated rings. The smallest absolute Gasteiger partial charge is 1.00 e. The maximum absolute atomic E-state index is 0. The van der Waals surface area contributed by atoms with Gasteiger partial charge >= 0.3 is 37.7 Å². The zero-order valence-corrected chi connectivity index (χ0v) is 10.8. The molecule has 0 heterocycles. The van der Waals surface area contributed by atoms with Crippen molar-refractivity contribution in [2.24, 2.45) is 0 Å². The van der Waals surface area contributed by atoms with Crippen molar-refractivity contribution in [3.05, 3.63) is 0 Å². The van der Waals surface area contributed by atoms with Crippen molar-refractivity contribution in [3.63, 3.8) is 0 Å². The monoisotopic (exact) mass is 266 g/mol. The zero-order chi connectivity index (χ0) is 0. The molecule has 4 heteroatoms. The standard InChI is InChI=1S/2BrH.Ca.Zn.2H/h2*1H;;;;/q;;+2;;2*-1. The van der Waals surface area contributed by atoms with Gasteiger partial charge in [0.2, 0.25) is 0 Å². The Bertz CT molecular complexity index is 11.5. The Morgan fingerprint density at radius 2 is 1.00 bits per heavy atom. The maximum atomic E-state index is 0. The Morgan fingerprint density at radius 3 is 1.00 bits per heavy atom. The van der Waals surface area contributed by atoms with Gasteiger partial charge in [-0.05, 0) is 0 Å². The quantitative estimate of drug-likeness (QED) is 0.576. The molecule has 0 unspecified atom stereocenters. The molecule has 0 aliphatic carbocycles. The van der Waals surface area contributed by atoms with E-state index >= 15 is 0 Å². The van der Waals surface area contributed by atoms with Crippen molar-refractivity contribution in [2.75, 3.05) is 0 Å². The van der Waals surface area contributed by atoms with Gasteiger partial charge in [-0.25, -0.2) is 0 Å². The van der Waals surface area contributed by atoms with Crippen LogP contribution in [0.1, 0.15) is 2.85 Å². The fraction of sp³-hybridized carbons (Fsp3) is 0. The van der Waals surface area contributed by atoms with Gasteiger partial charge in [-0.2, -0.15) is 0 Å². The third-order valence-corrected chi connectivity index (χ3v) is 0. The molecule has 0 amide bonds. The molecule has 0 saturated carbocycles. The van der Waals surface area contributed by atoms with Crippen LogP contribution in [0.3, 0.4) is 0 Å². The van der Waals surface area contributed by atoms with Gasteiger partial charge in [-0.15, -0.1) is 34.0 Å². The molecular formula is H4Br2CaZn. The van der Waals surface area contributed by atoms with Gasteiger partial charge in [0.05, 0.1) is 0 Å². The molecule has 0 bridgehead atoms. The third kappa shape index (κ3) is 8.85. The molecule has 4 heavy (non-hydrogen) atoms. The fourth-order valence-electron chi connectivity index (χ4n) is 0. The Labute approximate surface area is 92.4 Å². The summed E-state index contributed by atoms with van der Waals surface area (Å²) in [6.07, 6.45) is 0. The van der Waals surface area contributed by atoms with Gasteiger partial charge in [0.15, 0.2) is 0 Å². The van der Waals surface area contributed by atoms with Gasteiger partial charge in [0.1, 0.15) is 0 Å². The normalized spacial score (nSPS) is 0. The van der Waals surface area contributed by atoms with E-state index in [1.165, 1.54) is 0 Å². The predicted molar refractivity (Wildman–Crippen MR) is 28.6 cm³/mol. The van der Waals surface area contributed by atoms with E-state index in [0.29, 0.717) is 0 Å². The second-order valence-corrected chi connectivity index (χ2v) is 0. The molecule has 22 valence electrons. The van der Waals surface area contributed by atoms with Crippen molar-refractivity contribution in [1.29, 1.82) is 0 Å². The minimum Gasteiger partial charge on any atom is -1.00 e. The molecule has 0 rings (SSSR count). The largest absolute Gasteiger partial charge is 2.00 e. The Balaban J connectivity index is 0. The molecule has 0 aromatic heterocycles. The zero-order valence-electron chi connectivity index (χ0n) is 4.23. The van der Waals surface area contributed by atoms with Gasteiger partial charge in [0, 0.05) is 19.5 Å². The molecule has 0 saturated heterocycles. The number of rotatable bonds is 0. The Hall–Kier alpha value is 2.84. The second-order valence-electron chi connectivity index (χ2n) is 0. The van der Waals surface area contributed by atoms with E-state index in [0.717, 1.165) is 0 Å². The minimum absolute atomic E-state index is 0. The SMILES string of the molecule is Br.Br.[Ca+2].[H-].[H-].[Zn]. The summed E-state index contributed by atoms with van der Waals surface area (Å²) in [6, 6.07) is 0. The first-order chi connectivity index (χ1) is 0. The van der Waals surface area contributed by atoms with Crippen molar-refractivity contribution < 1.29 is 22.3 Å². The molecule has 0 aromatic carbocycles. The number of hydrogen-bond donors (Lipinski definition) is 0. The summed E-state index contributed by atoms with van der Waals surface area (Å²) >= 11 is 0. The third-order valence-electron chi connectivity index (χ3n) is 0. The summed E-state index contributed by atoms with van der Waals surface area (Å²) in [4.78, 5) is 0. The topological polar surface area (TPSA) is 0 Å². The molecule has 0 aliphatic heterocycles. The van der Waals surface area contributed by atoms with Gasteiger partial charge < -0.3 is 2.85 Å². The first-order valence-electron chi connectivity index (χ1n) is 0. The number of halogens is 2. The average Bonchev–Trinajstić information content (AvgIpc) is 0. The summed E-state index contributed by atoms with van der Waals surface area (Å²) in [7, 11) is 0. The van der Waals surface area contributed by atoms with E-state index in [-0.39, 0.29) is 94.0 Å². The first kappa shape index (κ1) is 28.9. The van der Waals surface area contributed by atoms with E-state index in [4.69, 9.17) is 0 Å². The van der Waals surface area contributed by atoms with Crippen LogP contribution in [0.2, 0.25) is 0 Å². The van der Waals surface area contributed by atoms with E-state index in [2.05, 4.69) is 0 Å². The van der Waals surface area contributed by atoms with Crippen LogP contribution in [0.25, 0.3) is 0 Å². The predicted octanol–water partition coefficient (Wildman–Crippen LogP) is 0.998. The van der Waals surface area contributed by atoms with Crippen LogP contribution in [0.4, 0.5) is 0 Å². The molecule has 0 N–H and O–H groups in total. The van der Waals surface area contributed by atoms with Gasteiger partial charge in [-0.3, -0.25) is 0 Å². The Kier molecular flexibility index (Phi) is 123. The fourth-order valence-corrected chi connectivity index (χ4v) is 0. The molecule has 0 nitrogen and oxygen atoms in total. The van der Waals surface area contributed by atoms with E-state index < -0.39 is 0 Å². The van der Waals surface area contributed by atoms with Crippen LogP contribution in [-0.4, -0.2) is 37.7 Å². The second kappa shape index (κ2) is 17.0. The summed E-state index contributed by atoms with van der Waals surface area (Å²) in [5, 5.41) is 0. The van der Waals surface area contributed by atoms with Crippen molar-refractivity contribution in [1.82, 2.24) is 0 Å². The summed E-state index contributed by atoms with van der Waals surface area (Å²) in [6.45, 7) is 0. The summed E-state index contributed by atoms with van der Waals surface area (Å²) < 4.78 is 0. The summed E-state index contributed by atoms with van der Waals surface area (Å²) in [5.41, 5.74) is 0. The summed E-state index contributed by atoms with van der Waals surface area (Å²) in [5.74, 6) is 0. The van der Waals surface area contributed by atoms with Crippen molar-refractivity contribution in [3.8, 4) is 0 Å². The van der Waals surface area contributed by atoms with Crippen LogP contribution >= 0.6 is 34.0 Å². The van der Waals surface area contributed by atoms with Crippen molar-refractivity contribution in [2.45, 2.75) is 0 Å². The van der Waals surface area contributed by atoms with Crippen LogP contribution in [0, 0.1) is 0 Å². The van der Waals surface area contributed by atoms with E-state index in [9.17, 15) is 0 Å². The minimum atomic E-state index is 0. The van der Waals surface area contributed by atoms with Gasteiger partial charge in [-0.1, -0.05) is 0 Å². The molecular weight excluding hydrogens is 265 g/mol. The Morgan fingerprint density at radius 1 is 1.00 bits per heavy atom. The maximum Gasteiger partial charge on any atom is 2.00 e. The van der Waals surface area contributed by atoms with E-state index in [1.54, 1.807) is 0 Å². The average molecular weight is 269 g/mol. The van der Waals surface area contributed by atoms with Crippen LogP contribution < -0.4 is 0 Å². The van der Waals surface area contributed by atoms with E-state index in [1.807, 2.05) is 0 Å².